The van der Waals surface area contributed by atoms with Crippen molar-refractivity contribution in [1.29, 1.82) is 0 Å². The Bertz CT molecular complexity index is 768. The molecule has 0 spiro atoms. The number of rotatable bonds is 3. The molecule has 5 heteroatoms. The second-order valence-corrected chi connectivity index (χ2v) is 8.61. The average molecular weight is 371 g/mol. The Morgan fingerprint density at radius 2 is 1.85 bits per heavy atom. The Morgan fingerprint density at radius 3 is 2.50 bits per heavy atom. The fourth-order valence-corrected chi connectivity index (χ4v) is 4.29. The average Bonchev–Trinajstić information content (AvgIpc) is 3.11. The molecule has 0 radical (unpaired) electrons. The van der Waals surface area contributed by atoms with Crippen LogP contribution in [0.1, 0.15) is 37.3 Å². The smallest absolute Gasteiger partial charge is 0.323 e. The lowest BCUT2D eigenvalue weighted by atomic mass is 9.87. The third-order valence-electron chi connectivity index (χ3n) is 4.56. The van der Waals surface area contributed by atoms with Crippen molar-refractivity contribution in [2.75, 3.05) is 24.7 Å². The van der Waals surface area contributed by atoms with Gasteiger partial charge in [-0.15, -0.1) is 11.8 Å². The number of amides is 2. The van der Waals surface area contributed by atoms with E-state index in [0.29, 0.717) is 11.4 Å². The van der Waals surface area contributed by atoms with Crippen molar-refractivity contribution in [1.82, 2.24) is 4.90 Å². The molecular weight excluding hydrogens is 344 g/mol. The van der Waals surface area contributed by atoms with Gasteiger partial charge in [0, 0.05) is 12.3 Å². The summed E-state index contributed by atoms with van der Waals surface area (Å²) in [4.78, 5) is 14.7. The van der Waals surface area contributed by atoms with E-state index in [1.54, 1.807) is 18.9 Å². The van der Waals surface area contributed by atoms with Crippen molar-refractivity contribution in [2.24, 2.45) is 0 Å². The monoisotopic (exact) mass is 370 g/mol. The number of urea groups is 1. The summed E-state index contributed by atoms with van der Waals surface area (Å²) in [5.74, 6) is 1.60. The molecule has 1 aliphatic heterocycles. The van der Waals surface area contributed by atoms with Crippen molar-refractivity contribution < 1.29 is 9.53 Å². The number of methoxy groups -OCH3 is 1. The minimum Gasteiger partial charge on any atom is -0.495 e. The fourth-order valence-electron chi connectivity index (χ4n) is 3.04. The van der Waals surface area contributed by atoms with E-state index in [4.69, 9.17) is 4.74 Å². The lowest BCUT2D eigenvalue weighted by molar-refractivity contribution is 0.214. The van der Waals surface area contributed by atoms with Crippen LogP contribution in [-0.2, 0) is 5.41 Å². The van der Waals surface area contributed by atoms with E-state index in [-0.39, 0.29) is 16.8 Å². The van der Waals surface area contributed by atoms with Crippen LogP contribution in [0.5, 0.6) is 5.75 Å². The van der Waals surface area contributed by atoms with Crippen LogP contribution in [0.15, 0.2) is 48.5 Å². The summed E-state index contributed by atoms with van der Waals surface area (Å²) >= 11 is 1.80. The number of para-hydroxylation sites is 2. The number of anilines is 1. The maximum Gasteiger partial charge on any atom is 0.323 e. The number of ether oxygens (including phenoxy) is 1. The third kappa shape index (κ3) is 3.98. The molecule has 2 aromatic carbocycles. The number of benzene rings is 2. The maximum absolute atomic E-state index is 12.8. The van der Waals surface area contributed by atoms with Crippen molar-refractivity contribution in [2.45, 2.75) is 31.6 Å². The van der Waals surface area contributed by atoms with Gasteiger partial charge in [0.1, 0.15) is 11.1 Å². The van der Waals surface area contributed by atoms with Gasteiger partial charge in [-0.3, -0.25) is 0 Å². The molecule has 0 aliphatic carbocycles. The van der Waals surface area contributed by atoms with Gasteiger partial charge in [-0.1, -0.05) is 57.2 Å². The van der Waals surface area contributed by atoms with Crippen molar-refractivity contribution in [3.8, 4) is 5.75 Å². The standard InChI is InChI=1S/C21H26N2O2S/c1-21(2,3)16-11-9-15(10-12-16)19-23(13-14-26-19)20(24)22-17-7-5-6-8-18(17)25-4/h5-12,19H,13-14H2,1-4H3,(H,22,24)/t19-/m1/s1. The highest BCUT2D eigenvalue weighted by Crippen LogP contribution is 2.39. The molecule has 0 saturated carbocycles. The molecule has 1 N–H and O–H groups in total. The number of hydrogen-bond donors (Lipinski definition) is 1. The predicted molar refractivity (Wildman–Crippen MR) is 109 cm³/mol. The van der Waals surface area contributed by atoms with Gasteiger partial charge in [-0.05, 0) is 28.7 Å². The van der Waals surface area contributed by atoms with E-state index in [2.05, 4.69) is 50.4 Å². The Labute approximate surface area is 159 Å². The molecule has 0 aromatic heterocycles. The van der Waals surface area contributed by atoms with Crippen LogP contribution in [0.4, 0.5) is 10.5 Å². The van der Waals surface area contributed by atoms with Gasteiger partial charge in [0.05, 0.1) is 12.8 Å². The minimum absolute atomic E-state index is 0.0405. The number of carbonyl (C=O) groups is 1. The summed E-state index contributed by atoms with van der Waals surface area (Å²) in [6, 6.07) is 16.0. The molecule has 1 aliphatic rings. The van der Waals surface area contributed by atoms with Crippen molar-refractivity contribution >= 4 is 23.5 Å². The number of thioether (sulfide) groups is 1. The Hall–Kier alpha value is -2.14. The molecule has 26 heavy (non-hydrogen) atoms. The Morgan fingerprint density at radius 1 is 1.15 bits per heavy atom. The molecule has 1 saturated heterocycles. The van der Waals surface area contributed by atoms with Crippen LogP contribution >= 0.6 is 11.8 Å². The van der Waals surface area contributed by atoms with Gasteiger partial charge in [0.15, 0.2) is 0 Å². The van der Waals surface area contributed by atoms with Gasteiger partial charge in [0.25, 0.3) is 0 Å². The molecule has 0 bridgehead atoms. The van der Waals surface area contributed by atoms with Crippen LogP contribution in [0.3, 0.4) is 0 Å². The molecule has 138 valence electrons. The zero-order valence-corrected chi connectivity index (χ0v) is 16.6. The summed E-state index contributed by atoms with van der Waals surface area (Å²) in [7, 11) is 1.61. The normalized spacial score (nSPS) is 17.2. The van der Waals surface area contributed by atoms with Crippen LogP contribution in [0.25, 0.3) is 0 Å². The summed E-state index contributed by atoms with van der Waals surface area (Å²) in [6.07, 6.45) is 0. The van der Waals surface area contributed by atoms with Gasteiger partial charge in [-0.25, -0.2) is 4.79 Å². The van der Waals surface area contributed by atoms with Gasteiger partial charge in [-0.2, -0.15) is 0 Å². The highest BCUT2D eigenvalue weighted by Gasteiger charge is 2.31. The van der Waals surface area contributed by atoms with E-state index >= 15 is 0 Å². The zero-order valence-electron chi connectivity index (χ0n) is 15.8. The van der Waals surface area contributed by atoms with Crippen LogP contribution in [-0.4, -0.2) is 30.3 Å². The first-order valence-corrected chi connectivity index (χ1v) is 9.88. The van der Waals surface area contributed by atoms with Crippen LogP contribution in [0.2, 0.25) is 0 Å². The summed E-state index contributed by atoms with van der Waals surface area (Å²) < 4.78 is 5.33. The number of carbonyl (C=O) groups excluding carboxylic acids is 1. The quantitative estimate of drug-likeness (QED) is 0.800. The largest absolute Gasteiger partial charge is 0.495 e. The highest BCUT2D eigenvalue weighted by molar-refractivity contribution is 7.99. The SMILES string of the molecule is COc1ccccc1NC(=O)N1CCS[C@@H]1c1ccc(C(C)(C)C)cc1. The molecule has 2 aromatic rings. The predicted octanol–water partition coefficient (Wildman–Crippen LogP) is 5.27. The van der Waals surface area contributed by atoms with E-state index < -0.39 is 0 Å². The molecular formula is C21H26N2O2S. The van der Waals surface area contributed by atoms with Crippen LogP contribution in [0, 0.1) is 0 Å². The number of nitrogens with zero attached hydrogens (tertiary/aromatic N) is 1. The molecule has 0 unspecified atom stereocenters. The summed E-state index contributed by atoms with van der Waals surface area (Å²) in [5.41, 5.74) is 3.28. The minimum atomic E-state index is -0.0932. The molecule has 2 amide bonds. The molecule has 1 heterocycles. The van der Waals surface area contributed by atoms with Crippen molar-refractivity contribution in [3.63, 3.8) is 0 Å². The van der Waals surface area contributed by atoms with Crippen LogP contribution < -0.4 is 10.1 Å². The van der Waals surface area contributed by atoms with Crippen molar-refractivity contribution in [3.05, 3.63) is 59.7 Å². The first kappa shape index (κ1) is 18.6. The first-order valence-electron chi connectivity index (χ1n) is 8.83. The second kappa shape index (κ2) is 7.62. The molecule has 4 nitrogen and oxygen atoms in total. The van der Waals surface area contributed by atoms with E-state index in [0.717, 1.165) is 17.9 Å². The van der Waals surface area contributed by atoms with Gasteiger partial charge < -0.3 is 15.0 Å². The Kier molecular flexibility index (Phi) is 5.47. The second-order valence-electron chi connectivity index (χ2n) is 7.42. The van der Waals surface area contributed by atoms with Gasteiger partial charge in [0.2, 0.25) is 0 Å². The topological polar surface area (TPSA) is 41.6 Å². The van der Waals surface area contributed by atoms with E-state index in [1.165, 1.54) is 5.56 Å². The Balaban J connectivity index is 1.76. The van der Waals surface area contributed by atoms with E-state index in [9.17, 15) is 4.79 Å². The lowest BCUT2D eigenvalue weighted by Gasteiger charge is -2.26. The molecule has 1 atom stereocenters. The van der Waals surface area contributed by atoms with E-state index in [1.807, 2.05) is 29.2 Å². The fraction of sp³-hybridized carbons (Fsp3) is 0.381. The first-order chi connectivity index (χ1) is 12.4. The zero-order chi connectivity index (χ0) is 18.7. The third-order valence-corrected chi connectivity index (χ3v) is 5.82. The maximum atomic E-state index is 12.8. The number of hydrogen-bond acceptors (Lipinski definition) is 3. The lowest BCUT2D eigenvalue weighted by Crippen LogP contribution is -2.34. The highest BCUT2D eigenvalue weighted by atomic mass is 32.2. The molecule has 3 rings (SSSR count). The molecule has 1 fully saturated rings. The van der Waals surface area contributed by atoms with Gasteiger partial charge >= 0.3 is 6.03 Å². The summed E-state index contributed by atoms with van der Waals surface area (Å²) in [5, 5.41) is 3.03. The summed E-state index contributed by atoms with van der Waals surface area (Å²) in [6.45, 7) is 7.36. The number of nitrogens with one attached hydrogen (secondary N) is 1.